The van der Waals surface area contributed by atoms with Crippen molar-refractivity contribution in [2.75, 3.05) is 27.9 Å². The van der Waals surface area contributed by atoms with Crippen molar-refractivity contribution in [3.63, 3.8) is 0 Å². The summed E-state index contributed by atoms with van der Waals surface area (Å²) < 4.78 is 38.0. The van der Waals surface area contributed by atoms with Gasteiger partial charge in [0.1, 0.15) is 17.5 Å². The zero-order valence-corrected chi connectivity index (χ0v) is 18.3. The number of nitrogens with one attached hydrogen (secondary N) is 3. The van der Waals surface area contributed by atoms with Gasteiger partial charge in [0.2, 0.25) is 11.9 Å². The van der Waals surface area contributed by atoms with Crippen LogP contribution in [0.15, 0.2) is 18.3 Å². The van der Waals surface area contributed by atoms with Crippen molar-refractivity contribution in [2.24, 2.45) is 5.92 Å². The van der Waals surface area contributed by atoms with Gasteiger partial charge in [-0.15, -0.1) is 0 Å². The number of aromatic nitrogens is 3. The minimum atomic E-state index is -4.39. The molecule has 1 fully saturated rings. The van der Waals surface area contributed by atoms with E-state index in [4.69, 9.17) is 0 Å². The molecule has 2 aliphatic rings. The van der Waals surface area contributed by atoms with E-state index in [1.54, 1.807) is 0 Å². The van der Waals surface area contributed by atoms with Crippen LogP contribution in [0.25, 0.3) is 0 Å². The summed E-state index contributed by atoms with van der Waals surface area (Å²) in [5.74, 6) is 1.65. The van der Waals surface area contributed by atoms with E-state index in [1.165, 1.54) is 6.07 Å². The SMILES string of the molecule is Cc1nc(N[C@H]2C[C@H](Nc3ccc(C(F)(F)F)cn3)C2)nc2c1NC(=O)C(C(C)C)N2C. The largest absolute Gasteiger partial charge is 0.417 e. The first-order valence-corrected chi connectivity index (χ1v) is 10.5. The number of rotatable bonds is 5. The predicted molar refractivity (Wildman–Crippen MR) is 116 cm³/mol. The third-order valence-electron chi connectivity index (χ3n) is 5.88. The minimum Gasteiger partial charge on any atom is -0.367 e. The Kier molecular flexibility index (Phi) is 5.59. The van der Waals surface area contributed by atoms with Crippen molar-refractivity contribution in [3.05, 3.63) is 29.6 Å². The van der Waals surface area contributed by atoms with Gasteiger partial charge in [0.15, 0.2) is 5.82 Å². The molecule has 1 aliphatic heterocycles. The van der Waals surface area contributed by atoms with Crippen LogP contribution >= 0.6 is 0 Å². The molecule has 3 N–H and O–H groups in total. The molecule has 3 heterocycles. The van der Waals surface area contributed by atoms with Crippen LogP contribution < -0.4 is 20.9 Å². The molecule has 0 bridgehead atoms. The van der Waals surface area contributed by atoms with E-state index in [9.17, 15) is 18.0 Å². The number of aryl methyl sites for hydroxylation is 1. The Hall–Kier alpha value is -3.11. The summed E-state index contributed by atoms with van der Waals surface area (Å²) in [6.45, 7) is 5.81. The molecule has 11 heteroatoms. The minimum absolute atomic E-state index is 0.0628. The van der Waals surface area contributed by atoms with Gasteiger partial charge in [0, 0.05) is 25.3 Å². The van der Waals surface area contributed by atoms with Crippen molar-refractivity contribution < 1.29 is 18.0 Å². The first-order chi connectivity index (χ1) is 15.0. The highest BCUT2D eigenvalue weighted by Gasteiger charge is 2.36. The molecule has 8 nitrogen and oxygen atoms in total. The summed E-state index contributed by atoms with van der Waals surface area (Å²) in [5, 5.41) is 9.39. The topological polar surface area (TPSA) is 95.1 Å². The quantitative estimate of drug-likeness (QED) is 0.641. The summed E-state index contributed by atoms with van der Waals surface area (Å²) >= 11 is 0. The number of pyridine rings is 1. The van der Waals surface area contributed by atoms with E-state index in [-0.39, 0.29) is 30.0 Å². The summed E-state index contributed by atoms with van der Waals surface area (Å²) in [4.78, 5) is 27.3. The summed E-state index contributed by atoms with van der Waals surface area (Å²) in [6.07, 6.45) is -2.05. The van der Waals surface area contributed by atoms with Crippen LogP contribution in [0.3, 0.4) is 0 Å². The Morgan fingerprint density at radius 2 is 1.84 bits per heavy atom. The van der Waals surface area contributed by atoms with Gasteiger partial charge in [-0.2, -0.15) is 18.2 Å². The second-order valence-corrected chi connectivity index (χ2v) is 8.70. The summed E-state index contributed by atoms with van der Waals surface area (Å²) in [6, 6.07) is 2.28. The van der Waals surface area contributed by atoms with Crippen molar-refractivity contribution in [3.8, 4) is 0 Å². The van der Waals surface area contributed by atoms with Crippen LogP contribution in [0.1, 0.15) is 37.9 Å². The fraction of sp³-hybridized carbons (Fsp3) is 0.524. The smallest absolute Gasteiger partial charge is 0.367 e. The predicted octanol–water partition coefficient (Wildman–Crippen LogP) is 3.67. The lowest BCUT2D eigenvalue weighted by molar-refractivity contribution is -0.137. The third kappa shape index (κ3) is 4.28. The van der Waals surface area contributed by atoms with E-state index in [0.29, 0.717) is 29.0 Å². The van der Waals surface area contributed by atoms with Crippen LogP contribution in [0.4, 0.5) is 36.4 Å². The van der Waals surface area contributed by atoms with Gasteiger partial charge in [-0.1, -0.05) is 13.8 Å². The molecular formula is C21H26F3N7O. The van der Waals surface area contributed by atoms with E-state index in [0.717, 1.165) is 25.1 Å². The van der Waals surface area contributed by atoms with Crippen molar-refractivity contribution >= 4 is 29.2 Å². The average Bonchev–Trinajstić information content (AvgIpc) is 2.67. The van der Waals surface area contributed by atoms with Crippen molar-refractivity contribution in [1.29, 1.82) is 0 Å². The molecule has 0 radical (unpaired) electrons. The van der Waals surface area contributed by atoms with E-state index in [1.807, 2.05) is 32.7 Å². The van der Waals surface area contributed by atoms with E-state index in [2.05, 4.69) is 30.9 Å². The van der Waals surface area contributed by atoms with Crippen LogP contribution in [0.5, 0.6) is 0 Å². The van der Waals surface area contributed by atoms with Crippen LogP contribution in [0.2, 0.25) is 0 Å². The Bertz CT molecular complexity index is 1000. The van der Waals surface area contributed by atoms with Gasteiger partial charge < -0.3 is 20.9 Å². The van der Waals surface area contributed by atoms with E-state index >= 15 is 0 Å². The average molecular weight is 449 g/mol. The third-order valence-corrected chi connectivity index (χ3v) is 5.88. The first-order valence-electron chi connectivity index (χ1n) is 10.5. The summed E-state index contributed by atoms with van der Waals surface area (Å²) in [5.41, 5.74) is 0.543. The molecule has 172 valence electrons. The molecule has 1 saturated carbocycles. The number of amides is 1. The lowest BCUT2D eigenvalue weighted by Gasteiger charge is -2.38. The Morgan fingerprint density at radius 1 is 1.16 bits per heavy atom. The highest BCUT2D eigenvalue weighted by atomic mass is 19.4. The Labute approximate surface area is 184 Å². The number of carbonyl (C=O) groups is 1. The molecule has 1 aliphatic carbocycles. The van der Waals surface area contributed by atoms with Crippen molar-refractivity contribution in [1.82, 2.24) is 15.0 Å². The van der Waals surface area contributed by atoms with E-state index < -0.39 is 11.7 Å². The normalized spacial score (nSPS) is 22.8. The van der Waals surface area contributed by atoms with Gasteiger partial charge in [0.05, 0.1) is 11.3 Å². The Morgan fingerprint density at radius 3 is 2.44 bits per heavy atom. The lowest BCUT2D eigenvalue weighted by atomic mass is 9.87. The standard InChI is InChI=1S/C21H26F3N7O/c1-10(2)17-19(32)29-16-11(3)26-20(30-18(16)31(17)4)28-14-7-13(8-14)27-15-6-5-12(9-25-15)21(22,23)24/h5-6,9-10,13-14,17H,7-8H2,1-4H3,(H,25,27)(H,29,32)(H,26,28,30)/t13-,14-,17?. The van der Waals surface area contributed by atoms with Crippen LogP contribution in [-0.2, 0) is 11.0 Å². The zero-order valence-electron chi connectivity index (χ0n) is 18.3. The molecule has 32 heavy (non-hydrogen) atoms. The number of likely N-dealkylation sites (N-methyl/N-ethyl adjacent to an activating group) is 1. The molecule has 1 atom stereocenters. The number of hydrogen-bond acceptors (Lipinski definition) is 7. The number of nitrogens with zero attached hydrogens (tertiary/aromatic N) is 4. The number of halogens is 3. The highest BCUT2D eigenvalue weighted by Crippen LogP contribution is 2.35. The lowest BCUT2D eigenvalue weighted by Crippen LogP contribution is -2.50. The first kappa shape index (κ1) is 22.1. The van der Waals surface area contributed by atoms with Gasteiger partial charge in [-0.25, -0.2) is 9.97 Å². The number of anilines is 4. The maximum Gasteiger partial charge on any atom is 0.417 e. The monoisotopic (exact) mass is 449 g/mol. The number of hydrogen-bond donors (Lipinski definition) is 3. The highest BCUT2D eigenvalue weighted by molar-refractivity contribution is 6.03. The van der Waals surface area contributed by atoms with Crippen molar-refractivity contribution in [2.45, 2.75) is 57.9 Å². The van der Waals surface area contributed by atoms with Crippen LogP contribution in [0, 0.1) is 12.8 Å². The molecule has 1 unspecified atom stereocenters. The molecule has 0 aromatic carbocycles. The molecule has 2 aromatic heterocycles. The summed E-state index contributed by atoms with van der Waals surface area (Å²) in [7, 11) is 1.86. The molecule has 2 aromatic rings. The van der Waals surface area contributed by atoms with Gasteiger partial charge in [-0.05, 0) is 37.8 Å². The maximum absolute atomic E-state index is 12.7. The second-order valence-electron chi connectivity index (χ2n) is 8.70. The van der Waals surface area contributed by atoms with Gasteiger partial charge in [0.25, 0.3) is 0 Å². The fourth-order valence-electron chi connectivity index (χ4n) is 4.17. The van der Waals surface area contributed by atoms with Crippen LogP contribution in [-0.4, -0.2) is 46.0 Å². The van der Waals surface area contributed by atoms with Gasteiger partial charge in [-0.3, -0.25) is 4.79 Å². The second kappa shape index (κ2) is 8.10. The Balaban J connectivity index is 1.37. The number of carbonyl (C=O) groups excluding carboxylic acids is 1. The molecule has 0 saturated heterocycles. The maximum atomic E-state index is 12.7. The molecule has 4 rings (SSSR count). The number of alkyl halides is 3. The molecular weight excluding hydrogens is 423 g/mol. The fourth-order valence-corrected chi connectivity index (χ4v) is 4.17. The molecule has 0 spiro atoms. The molecule has 1 amide bonds. The zero-order chi connectivity index (χ0) is 23.2. The van der Waals surface area contributed by atoms with Gasteiger partial charge >= 0.3 is 6.18 Å². The number of fused-ring (bicyclic) bond motifs is 1.